The fourth-order valence-corrected chi connectivity index (χ4v) is 2.97. The van der Waals surface area contributed by atoms with Gasteiger partial charge in [-0.05, 0) is 0 Å². The number of rotatable bonds is 0. The normalized spacial score (nSPS) is 10.3. The van der Waals surface area contributed by atoms with Gasteiger partial charge in [-0.2, -0.15) is 17.5 Å². The molecule has 5 aromatic rings. The Bertz CT molecular complexity index is 953. The van der Waals surface area contributed by atoms with E-state index in [0.29, 0.717) is 0 Å². The topological polar surface area (TPSA) is 0 Å². The summed E-state index contributed by atoms with van der Waals surface area (Å²) >= 11 is 0. The van der Waals surface area contributed by atoms with Crippen LogP contribution < -0.4 is 0 Å². The summed E-state index contributed by atoms with van der Waals surface area (Å²) in [5.74, 6) is 0. The first-order valence-corrected chi connectivity index (χ1v) is 7.55. The molecule has 5 rings (SSSR count). The summed E-state index contributed by atoms with van der Waals surface area (Å²) in [6, 6.07) is 33.9. The third-order valence-corrected chi connectivity index (χ3v) is 4.07. The van der Waals surface area contributed by atoms with Gasteiger partial charge in [0.05, 0.1) is 0 Å². The van der Waals surface area contributed by atoms with Crippen molar-refractivity contribution >= 4 is 32.3 Å². The van der Waals surface area contributed by atoms with Crippen LogP contribution in [0.5, 0.6) is 0 Å². The van der Waals surface area contributed by atoms with E-state index < -0.39 is 0 Å². The van der Waals surface area contributed by atoms with Crippen LogP contribution in [0.2, 0.25) is 0 Å². The van der Waals surface area contributed by atoms with Gasteiger partial charge in [-0.3, -0.25) is 0 Å². The van der Waals surface area contributed by atoms with Crippen molar-refractivity contribution in [2.45, 2.75) is 0 Å². The van der Waals surface area contributed by atoms with Crippen LogP contribution in [-0.2, 0) is 25.8 Å². The van der Waals surface area contributed by atoms with Gasteiger partial charge in [0, 0.05) is 0 Å². The van der Waals surface area contributed by atoms with Crippen LogP contribution in [0, 0.1) is 0 Å². The number of benzene rings is 3. The molecule has 5 aromatic carbocycles. The maximum Gasteiger partial charge on any atom is 4.00 e. The zero-order valence-electron chi connectivity index (χ0n) is 12.7. The predicted octanol–water partition coefficient (Wildman–Crippen LogP) is 6.27. The van der Waals surface area contributed by atoms with Gasteiger partial charge < -0.3 is 0 Å². The minimum Gasteiger partial charge on any atom is -0.168 e. The van der Waals surface area contributed by atoms with Gasteiger partial charge in [-0.15, -0.1) is 69.4 Å². The number of hydrogen-bond donors (Lipinski definition) is 0. The van der Waals surface area contributed by atoms with Crippen molar-refractivity contribution < 1.29 is 25.8 Å². The van der Waals surface area contributed by atoms with Crippen molar-refractivity contribution in [1.29, 1.82) is 0 Å². The van der Waals surface area contributed by atoms with Crippen LogP contribution in [0.15, 0.2) is 97.1 Å². The first-order valence-electron chi connectivity index (χ1n) is 7.55. The minimum absolute atomic E-state index is 0. The van der Waals surface area contributed by atoms with Gasteiger partial charge in [-0.25, -0.2) is 0 Å². The van der Waals surface area contributed by atoms with Crippen molar-refractivity contribution in [2.75, 3.05) is 0 Å². The molecule has 0 saturated carbocycles. The molecule has 0 aliphatic rings. The Morgan fingerprint density at radius 2 is 1.04 bits per heavy atom. The van der Waals surface area contributed by atoms with E-state index in [2.05, 4.69) is 97.1 Å². The predicted molar refractivity (Wildman–Crippen MR) is 96.6 cm³/mol. The van der Waals surface area contributed by atoms with E-state index in [4.69, 9.17) is 0 Å². The van der Waals surface area contributed by atoms with Gasteiger partial charge in [0.15, 0.2) is 0 Å². The van der Waals surface area contributed by atoms with Crippen molar-refractivity contribution in [2.24, 2.45) is 0 Å². The fourth-order valence-electron chi connectivity index (χ4n) is 2.97. The summed E-state index contributed by atoms with van der Waals surface area (Å²) < 4.78 is 0. The molecular weight excluding hydrogens is 443 g/mol. The first-order chi connectivity index (χ1) is 10.9. The molecular formula is C22H16Hf+2. The summed E-state index contributed by atoms with van der Waals surface area (Å²) in [6.45, 7) is 0. The van der Waals surface area contributed by atoms with Crippen LogP contribution in [0.25, 0.3) is 32.3 Å². The van der Waals surface area contributed by atoms with E-state index in [0.717, 1.165) is 0 Å². The summed E-state index contributed by atoms with van der Waals surface area (Å²) in [5, 5.41) is 8.05. The largest absolute Gasteiger partial charge is 4.00 e. The molecule has 23 heavy (non-hydrogen) atoms. The second kappa shape index (κ2) is 7.06. The average molecular weight is 459 g/mol. The Morgan fingerprint density at radius 1 is 0.522 bits per heavy atom. The molecule has 0 heterocycles. The molecule has 0 nitrogen and oxygen atoms in total. The van der Waals surface area contributed by atoms with Gasteiger partial charge in [0.2, 0.25) is 0 Å². The van der Waals surface area contributed by atoms with E-state index >= 15 is 0 Å². The maximum atomic E-state index is 2.24. The Hall–Kier alpha value is -1.99. The summed E-state index contributed by atoms with van der Waals surface area (Å²) in [7, 11) is 0. The minimum atomic E-state index is 0. The first kappa shape index (κ1) is 15.9. The molecule has 0 spiro atoms. The van der Waals surface area contributed by atoms with Crippen LogP contribution >= 0.6 is 0 Å². The number of fused-ring (bicyclic) bond motifs is 4. The van der Waals surface area contributed by atoms with Crippen LogP contribution in [0.1, 0.15) is 0 Å². The third-order valence-electron chi connectivity index (χ3n) is 4.07. The van der Waals surface area contributed by atoms with Crippen LogP contribution in [-0.4, -0.2) is 0 Å². The summed E-state index contributed by atoms with van der Waals surface area (Å²) in [6.07, 6.45) is 0. The van der Waals surface area contributed by atoms with Gasteiger partial charge >= 0.3 is 25.8 Å². The quantitative estimate of drug-likeness (QED) is 0.189. The zero-order chi connectivity index (χ0) is 14.8. The van der Waals surface area contributed by atoms with Crippen molar-refractivity contribution in [3.8, 4) is 0 Å². The van der Waals surface area contributed by atoms with E-state index in [1.54, 1.807) is 0 Å². The molecule has 0 N–H and O–H groups in total. The Kier molecular flexibility index (Phi) is 4.88. The molecule has 0 bridgehead atoms. The average Bonchev–Trinajstić information content (AvgIpc) is 3.19. The van der Waals surface area contributed by atoms with Gasteiger partial charge in [0.25, 0.3) is 0 Å². The molecule has 0 fully saturated rings. The molecule has 1 heteroatoms. The molecule has 0 aromatic heterocycles. The maximum absolute atomic E-state index is 2.24. The van der Waals surface area contributed by atoms with E-state index in [-0.39, 0.29) is 25.8 Å². The Balaban J connectivity index is 0.000000138. The van der Waals surface area contributed by atoms with Crippen LogP contribution in [0.3, 0.4) is 0 Å². The second-order valence-electron chi connectivity index (χ2n) is 5.47. The molecule has 0 radical (unpaired) electrons. The van der Waals surface area contributed by atoms with Crippen LogP contribution in [0.4, 0.5) is 0 Å². The molecule has 0 unspecified atom stereocenters. The molecule has 0 aliphatic carbocycles. The smallest absolute Gasteiger partial charge is 0.168 e. The molecule has 106 valence electrons. The fraction of sp³-hybridized carbons (Fsp3) is 0. The number of hydrogen-bond acceptors (Lipinski definition) is 0. The monoisotopic (exact) mass is 460 g/mol. The summed E-state index contributed by atoms with van der Waals surface area (Å²) in [4.78, 5) is 0. The SMILES string of the molecule is [Hf+4].c1ccc2[cH-]ccc2c1.c1ccc2c(c1)[cH-]c1ccccc12. The van der Waals surface area contributed by atoms with Crippen molar-refractivity contribution in [1.82, 2.24) is 0 Å². The molecule has 0 atom stereocenters. The van der Waals surface area contributed by atoms with Crippen molar-refractivity contribution in [3.63, 3.8) is 0 Å². The molecule has 0 amide bonds. The van der Waals surface area contributed by atoms with E-state index in [9.17, 15) is 0 Å². The molecule has 0 aliphatic heterocycles. The Morgan fingerprint density at radius 3 is 1.65 bits per heavy atom. The zero-order valence-corrected chi connectivity index (χ0v) is 16.3. The van der Waals surface area contributed by atoms with E-state index in [1.165, 1.54) is 32.3 Å². The molecule has 0 saturated heterocycles. The van der Waals surface area contributed by atoms with Crippen molar-refractivity contribution in [3.05, 3.63) is 97.1 Å². The second-order valence-corrected chi connectivity index (χ2v) is 5.47. The standard InChI is InChI=1S/C13H9.C9H7.Hf/c1-3-7-12-10(5-1)9-11-6-2-4-8-13(11)12;1-2-5-9-7-3-6-8(9)4-1;/h1-9H;1-7H;/q2*-1;+4. The van der Waals surface area contributed by atoms with Gasteiger partial charge in [0.1, 0.15) is 0 Å². The Labute approximate surface area is 154 Å². The van der Waals surface area contributed by atoms with Gasteiger partial charge in [-0.1, -0.05) is 42.5 Å². The third kappa shape index (κ3) is 3.20. The van der Waals surface area contributed by atoms with E-state index in [1.807, 2.05) is 0 Å². The summed E-state index contributed by atoms with van der Waals surface area (Å²) in [5.41, 5.74) is 0.